The van der Waals surface area contributed by atoms with Gasteiger partial charge < -0.3 is 14.4 Å². The third kappa shape index (κ3) is 2.15. The van der Waals surface area contributed by atoms with Crippen LogP contribution in [0.25, 0.3) is 0 Å². The predicted octanol–water partition coefficient (Wildman–Crippen LogP) is 2.74. The van der Waals surface area contributed by atoms with Gasteiger partial charge in [-0.15, -0.1) is 0 Å². The minimum Gasteiger partial charge on any atom is -0.496 e. The summed E-state index contributed by atoms with van der Waals surface area (Å²) in [7, 11) is 3.28. The van der Waals surface area contributed by atoms with E-state index in [1.807, 2.05) is 12.1 Å². The molecule has 0 atom stereocenters. The molecule has 1 amide bonds. The van der Waals surface area contributed by atoms with Gasteiger partial charge in [-0.25, -0.2) is 0 Å². The average molecular weight is 263 g/mol. The second-order valence-corrected chi connectivity index (χ2v) is 5.50. The van der Waals surface area contributed by atoms with Gasteiger partial charge in [-0.2, -0.15) is 0 Å². The maximum atomic E-state index is 11.9. The summed E-state index contributed by atoms with van der Waals surface area (Å²) >= 11 is 0. The highest BCUT2D eigenvalue weighted by molar-refractivity contribution is 5.95. The van der Waals surface area contributed by atoms with E-state index in [9.17, 15) is 4.79 Å². The Hall–Kier alpha value is -1.71. The number of methoxy groups -OCH3 is 2. The van der Waals surface area contributed by atoms with Crippen LogP contribution in [0.15, 0.2) is 12.1 Å². The molecule has 104 valence electrons. The molecule has 4 heteroatoms. The Labute approximate surface area is 114 Å². The molecule has 0 N–H and O–H groups in total. The van der Waals surface area contributed by atoms with Gasteiger partial charge in [0.05, 0.1) is 19.9 Å². The van der Waals surface area contributed by atoms with E-state index in [2.05, 4.69) is 13.8 Å². The number of ether oxygens (including phenoxy) is 2. The van der Waals surface area contributed by atoms with Gasteiger partial charge in [0.1, 0.15) is 11.5 Å². The molecule has 1 aliphatic rings. The topological polar surface area (TPSA) is 38.8 Å². The third-order valence-electron chi connectivity index (χ3n) is 3.83. The van der Waals surface area contributed by atoms with Crippen molar-refractivity contribution in [2.75, 3.05) is 25.7 Å². The maximum absolute atomic E-state index is 11.9. The van der Waals surface area contributed by atoms with E-state index in [1.165, 1.54) is 0 Å². The lowest BCUT2D eigenvalue weighted by Crippen LogP contribution is -2.40. The highest BCUT2D eigenvalue weighted by Crippen LogP contribution is 2.49. The highest BCUT2D eigenvalue weighted by Gasteiger charge is 2.37. The van der Waals surface area contributed by atoms with E-state index in [4.69, 9.17) is 9.47 Å². The smallest absolute Gasteiger partial charge is 0.223 e. The third-order valence-corrected chi connectivity index (χ3v) is 3.83. The lowest BCUT2D eigenvalue weighted by Gasteiger charge is -2.40. The molecular formula is C15H21NO3. The Balaban J connectivity index is 2.74. The van der Waals surface area contributed by atoms with Crippen LogP contribution in [0, 0.1) is 0 Å². The van der Waals surface area contributed by atoms with Gasteiger partial charge in [-0.05, 0) is 24.0 Å². The van der Waals surface area contributed by atoms with Crippen molar-refractivity contribution in [3.8, 4) is 11.5 Å². The van der Waals surface area contributed by atoms with Crippen molar-refractivity contribution in [3.05, 3.63) is 17.7 Å². The summed E-state index contributed by atoms with van der Waals surface area (Å²) in [5.74, 6) is 1.56. The Bertz CT molecular complexity index is 508. The van der Waals surface area contributed by atoms with Crippen LogP contribution in [-0.4, -0.2) is 26.7 Å². The normalized spacial score (nSPS) is 16.8. The fourth-order valence-electron chi connectivity index (χ4n) is 2.75. The van der Waals surface area contributed by atoms with Crippen LogP contribution in [-0.2, 0) is 10.2 Å². The van der Waals surface area contributed by atoms with Crippen molar-refractivity contribution < 1.29 is 14.3 Å². The summed E-state index contributed by atoms with van der Waals surface area (Å²) in [6.07, 6.45) is 0.906. The lowest BCUT2D eigenvalue weighted by molar-refractivity contribution is -0.116. The van der Waals surface area contributed by atoms with Gasteiger partial charge >= 0.3 is 0 Å². The number of nitrogens with zero attached hydrogens (tertiary/aromatic N) is 1. The van der Waals surface area contributed by atoms with Crippen molar-refractivity contribution in [1.82, 2.24) is 0 Å². The summed E-state index contributed by atoms with van der Waals surface area (Å²) in [4.78, 5) is 13.6. The van der Waals surface area contributed by atoms with Crippen molar-refractivity contribution in [3.63, 3.8) is 0 Å². The van der Waals surface area contributed by atoms with Gasteiger partial charge in [0.25, 0.3) is 0 Å². The zero-order valence-corrected chi connectivity index (χ0v) is 12.2. The maximum Gasteiger partial charge on any atom is 0.223 e. The van der Waals surface area contributed by atoms with Crippen LogP contribution in [0.1, 0.15) is 32.8 Å². The SMILES string of the molecule is COc1ccc(OC)c2c1N(C(C)=O)CCC2(C)C. The standard InChI is InChI=1S/C15H21NO3/c1-10(17)16-9-8-15(2,3)13-11(18-4)6-7-12(19-5)14(13)16/h6-7H,8-9H2,1-5H3. The summed E-state index contributed by atoms with van der Waals surface area (Å²) in [6, 6.07) is 3.76. The first-order valence-electron chi connectivity index (χ1n) is 6.46. The van der Waals surface area contributed by atoms with Crippen LogP contribution in [0.2, 0.25) is 0 Å². The lowest BCUT2D eigenvalue weighted by atomic mass is 9.77. The summed E-state index contributed by atoms with van der Waals surface area (Å²) in [6.45, 7) is 6.64. The van der Waals surface area contributed by atoms with Gasteiger partial charge in [-0.3, -0.25) is 4.79 Å². The number of carbonyl (C=O) groups excluding carboxylic acids is 1. The largest absolute Gasteiger partial charge is 0.496 e. The molecule has 0 aromatic heterocycles. The van der Waals surface area contributed by atoms with E-state index >= 15 is 0 Å². The Morgan fingerprint density at radius 3 is 2.32 bits per heavy atom. The van der Waals surface area contributed by atoms with E-state index in [-0.39, 0.29) is 11.3 Å². The fraction of sp³-hybridized carbons (Fsp3) is 0.533. The molecule has 19 heavy (non-hydrogen) atoms. The molecule has 0 bridgehead atoms. The molecule has 1 aromatic carbocycles. The van der Waals surface area contributed by atoms with Gasteiger partial charge in [-0.1, -0.05) is 13.8 Å². The average Bonchev–Trinajstić information content (AvgIpc) is 2.36. The molecule has 0 unspecified atom stereocenters. The molecule has 0 aliphatic carbocycles. The van der Waals surface area contributed by atoms with Gasteiger partial charge in [0, 0.05) is 19.0 Å². The number of amides is 1. The molecule has 0 fully saturated rings. The van der Waals surface area contributed by atoms with E-state index in [0.717, 1.165) is 29.2 Å². The van der Waals surface area contributed by atoms with E-state index < -0.39 is 0 Å². The van der Waals surface area contributed by atoms with Crippen molar-refractivity contribution in [2.45, 2.75) is 32.6 Å². The van der Waals surface area contributed by atoms with Crippen LogP contribution < -0.4 is 14.4 Å². The zero-order valence-electron chi connectivity index (χ0n) is 12.2. The minimum absolute atomic E-state index is 0.0308. The summed E-state index contributed by atoms with van der Waals surface area (Å²) < 4.78 is 10.9. The first-order chi connectivity index (χ1) is 8.92. The molecule has 2 rings (SSSR count). The van der Waals surface area contributed by atoms with Crippen LogP contribution in [0.4, 0.5) is 5.69 Å². The highest BCUT2D eigenvalue weighted by atomic mass is 16.5. The summed E-state index contributed by atoms with van der Waals surface area (Å²) in [5.41, 5.74) is 1.86. The molecule has 0 radical (unpaired) electrons. The van der Waals surface area contributed by atoms with Gasteiger partial charge in [0.15, 0.2) is 0 Å². The first kappa shape index (κ1) is 13.7. The predicted molar refractivity (Wildman–Crippen MR) is 75.2 cm³/mol. The number of rotatable bonds is 2. The first-order valence-corrected chi connectivity index (χ1v) is 6.46. The van der Waals surface area contributed by atoms with E-state index in [1.54, 1.807) is 26.0 Å². The molecule has 0 saturated heterocycles. The molecule has 4 nitrogen and oxygen atoms in total. The molecular weight excluding hydrogens is 242 g/mol. The van der Waals surface area contributed by atoms with Crippen molar-refractivity contribution in [2.24, 2.45) is 0 Å². The Morgan fingerprint density at radius 2 is 1.79 bits per heavy atom. The number of hydrogen-bond donors (Lipinski definition) is 0. The zero-order chi connectivity index (χ0) is 14.2. The van der Waals surface area contributed by atoms with Crippen molar-refractivity contribution in [1.29, 1.82) is 0 Å². The number of fused-ring (bicyclic) bond motifs is 1. The molecule has 0 spiro atoms. The number of benzene rings is 1. The monoisotopic (exact) mass is 263 g/mol. The van der Waals surface area contributed by atoms with Crippen LogP contribution in [0.5, 0.6) is 11.5 Å². The molecule has 1 aliphatic heterocycles. The van der Waals surface area contributed by atoms with E-state index in [0.29, 0.717) is 6.54 Å². The van der Waals surface area contributed by atoms with Crippen LogP contribution in [0.3, 0.4) is 0 Å². The number of carbonyl (C=O) groups is 1. The van der Waals surface area contributed by atoms with Crippen molar-refractivity contribution >= 4 is 11.6 Å². The Morgan fingerprint density at radius 1 is 1.21 bits per heavy atom. The van der Waals surface area contributed by atoms with Crippen LogP contribution >= 0.6 is 0 Å². The van der Waals surface area contributed by atoms with Gasteiger partial charge in [0.2, 0.25) is 5.91 Å². The number of hydrogen-bond acceptors (Lipinski definition) is 3. The fourth-order valence-corrected chi connectivity index (χ4v) is 2.75. The quantitative estimate of drug-likeness (QED) is 0.823. The molecule has 1 heterocycles. The minimum atomic E-state index is -0.0405. The summed E-state index contributed by atoms with van der Waals surface area (Å²) in [5, 5.41) is 0. The number of anilines is 1. The Kier molecular flexibility index (Phi) is 3.43. The second-order valence-electron chi connectivity index (χ2n) is 5.50. The second kappa shape index (κ2) is 4.76. The molecule has 0 saturated carbocycles. The molecule has 1 aromatic rings.